The molecule has 18 heteroatoms. The molecule has 0 spiro atoms. The van der Waals surface area contributed by atoms with Gasteiger partial charge in [-0.25, -0.2) is 28.8 Å². The quantitative estimate of drug-likeness (QED) is 0.0481. The van der Waals surface area contributed by atoms with Crippen LogP contribution in [-0.2, 0) is 67.0 Å². The highest BCUT2D eigenvalue weighted by Crippen LogP contribution is 2.33. The highest BCUT2D eigenvalue weighted by atomic mass is 16.6. The molecule has 0 radical (unpaired) electrons. The Bertz CT molecular complexity index is 2220. The Morgan fingerprint density at radius 1 is 0.579 bits per heavy atom. The molecule has 0 aliphatic heterocycles. The SMILES string of the molecule is CCOC(=O)c1[nH]c2ccc(Cc3ccc4[nH]c(C(=O)OCC)c(CC(NC(C)=O)(C(=O)OCC)C(=O)OCC)c4c3)cc2c1CC(NC(C)=O)(C(=O)O)C(=O)O. The molecule has 4 rings (SSSR count). The number of hydrogen-bond acceptors (Lipinski definition) is 12. The lowest BCUT2D eigenvalue weighted by Crippen LogP contribution is -2.62. The molecule has 18 nitrogen and oxygen atoms in total. The number of aromatic nitrogens is 2. The van der Waals surface area contributed by atoms with E-state index in [-0.39, 0.29) is 60.7 Å². The van der Waals surface area contributed by atoms with Crippen LogP contribution < -0.4 is 10.6 Å². The molecule has 6 N–H and O–H groups in total. The van der Waals surface area contributed by atoms with E-state index in [0.29, 0.717) is 27.5 Å². The minimum Gasteiger partial charge on any atom is -0.479 e. The van der Waals surface area contributed by atoms with Crippen molar-refractivity contribution < 1.29 is 67.5 Å². The Morgan fingerprint density at radius 2 is 0.947 bits per heavy atom. The maximum absolute atomic E-state index is 13.5. The molecular weight excluding hydrogens is 748 g/mol. The highest BCUT2D eigenvalue weighted by Gasteiger charge is 2.52. The second kappa shape index (κ2) is 17.8. The van der Waals surface area contributed by atoms with E-state index in [2.05, 4.69) is 15.3 Å². The Balaban J connectivity index is 1.92. The Hall–Kier alpha value is -6.72. The van der Waals surface area contributed by atoms with E-state index in [1.165, 1.54) is 13.8 Å². The number of aliphatic carboxylic acids is 2. The van der Waals surface area contributed by atoms with Gasteiger partial charge in [-0.15, -0.1) is 0 Å². The van der Waals surface area contributed by atoms with Crippen LogP contribution in [-0.4, -0.2) is 105 Å². The van der Waals surface area contributed by atoms with Crippen LogP contribution in [0, 0.1) is 0 Å². The minimum atomic E-state index is -2.84. The van der Waals surface area contributed by atoms with E-state index in [9.17, 15) is 48.6 Å². The summed E-state index contributed by atoms with van der Waals surface area (Å²) < 4.78 is 20.9. The molecule has 2 aromatic carbocycles. The summed E-state index contributed by atoms with van der Waals surface area (Å²) in [5.41, 5.74) is -3.42. The smallest absolute Gasteiger partial charge is 0.355 e. The van der Waals surface area contributed by atoms with Gasteiger partial charge in [-0.2, -0.15) is 0 Å². The fraction of sp³-hybridized carbons (Fsp3) is 0.385. The van der Waals surface area contributed by atoms with Gasteiger partial charge in [0.25, 0.3) is 0 Å². The fourth-order valence-electron chi connectivity index (χ4n) is 6.58. The van der Waals surface area contributed by atoms with Gasteiger partial charge in [0, 0.05) is 48.5 Å². The molecule has 0 unspecified atom stereocenters. The lowest BCUT2D eigenvalue weighted by atomic mass is 9.88. The number of aromatic amines is 2. The number of nitrogens with one attached hydrogen (secondary N) is 4. The summed E-state index contributed by atoms with van der Waals surface area (Å²) in [5, 5.41) is 25.2. The number of carboxylic acids is 2. The third-order valence-corrected chi connectivity index (χ3v) is 8.95. The zero-order valence-electron chi connectivity index (χ0n) is 32.2. The van der Waals surface area contributed by atoms with Gasteiger partial charge >= 0.3 is 35.8 Å². The number of hydrogen-bond donors (Lipinski definition) is 6. The molecular formula is C39H44N4O14. The number of rotatable bonds is 18. The number of carbonyl (C=O) groups excluding carboxylic acids is 6. The van der Waals surface area contributed by atoms with Gasteiger partial charge < -0.3 is 49.8 Å². The van der Waals surface area contributed by atoms with Gasteiger partial charge in [0.1, 0.15) is 11.4 Å². The van der Waals surface area contributed by atoms with E-state index < -0.39 is 71.5 Å². The molecule has 0 atom stereocenters. The van der Waals surface area contributed by atoms with Crippen molar-refractivity contribution in [1.29, 1.82) is 0 Å². The standard InChI is InChI=1S/C39H44N4O14/c1-7-54-32(46)30-26(18-38(34(48)49,35(50)51)42-20(5)44)24-16-22(11-13-28(24)40-30)15-23-12-14-29-25(17-23)27(31(41-29)33(47)55-8-2)19-39(43-21(6)45,36(52)56-9-3)37(53)57-10-4/h11-14,16-17,40-41H,7-10,15,18-19H2,1-6H3,(H,42,44)(H,43,45)(H,48,49)(H,50,51). The van der Waals surface area contributed by atoms with Crippen LogP contribution in [0.1, 0.15) is 84.8 Å². The predicted molar refractivity (Wildman–Crippen MR) is 200 cm³/mol. The molecule has 0 bridgehead atoms. The van der Waals surface area contributed by atoms with Crippen LogP contribution in [0.2, 0.25) is 0 Å². The van der Waals surface area contributed by atoms with Crippen molar-refractivity contribution in [3.8, 4) is 0 Å². The van der Waals surface area contributed by atoms with E-state index in [1.807, 2.05) is 5.32 Å². The molecule has 57 heavy (non-hydrogen) atoms. The van der Waals surface area contributed by atoms with E-state index in [4.69, 9.17) is 18.9 Å². The first-order valence-electron chi connectivity index (χ1n) is 18.0. The topological polar surface area (TPSA) is 270 Å². The Labute approximate surface area is 325 Å². The minimum absolute atomic E-state index is 0.00214. The number of ether oxygens (including phenoxy) is 4. The lowest BCUT2D eigenvalue weighted by Gasteiger charge is -2.30. The van der Waals surface area contributed by atoms with Crippen molar-refractivity contribution in [2.75, 3.05) is 26.4 Å². The maximum Gasteiger partial charge on any atom is 0.355 e. The molecule has 2 amide bonds. The van der Waals surface area contributed by atoms with Crippen LogP contribution in [0.5, 0.6) is 0 Å². The molecule has 0 saturated carbocycles. The lowest BCUT2D eigenvalue weighted by molar-refractivity contribution is -0.168. The molecule has 0 aliphatic rings. The van der Waals surface area contributed by atoms with Crippen LogP contribution in [0.15, 0.2) is 36.4 Å². The number of fused-ring (bicyclic) bond motifs is 2. The predicted octanol–water partition coefficient (Wildman–Crippen LogP) is 2.72. The summed E-state index contributed by atoms with van der Waals surface area (Å²) in [6.07, 6.45) is -1.23. The summed E-state index contributed by atoms with van der Waals surface area (Å²) in [7, 11) is 0. The zero-order chi connectivity index (χ0) is 42.2. The number of carboxylic acid groups (broad SMARTS) is 2. The summed E-state index contributed by atoms with van der Waals surface area (Å²) in [6, 6.07) is 10.0. The number of benzene rings is 2. The first-order valence-corrected chi connectivity index (χ1v) is 18.0. The molecule has 304 valence electrons. The van der Waals surface area contributed by atoms with Crippen LogP contribution in [0.25, 0.3) is 21.8 Å². The second-order valence-electron chi connectivity index (χ2n) is 12.9. The van der Waals surface area contributed by atoms with E-state index in [1.54, 1.807) is 50.2 Å². The first kappa shape index (κ1) is 43.0. The van der Waals surface area contributed by atoms with E-state index >= 15 is 0 Å². The summed E-state index contributed by atoms with van der Waals surface area (Å²) in [5.74, 6) is -9.29. The zero-order valence-corrected chi connectivity index (χ0v) is 32.2. The van der Waals surface area contributed by atoms with Crippen LogP contribution in [0.3, 0.4) is 0 Å². The summed E-state index contributed by atoms with van der Waals surface area (Å²) >= 11 is 0. The third kappa shape index (κ3) is 8.90. The molecule has 0 saturated heterocycles. The summed E-state index contributed by atoms with van der Waals surface area (Å²) in [6.45, 7) is 7.95. The van der Waals surface area contributed by atoms with Crippen molar-refractivity contribution in [2.45, 2.75) is 71.9 Å². The molecule has 2 aromatic heterocycles. The Kier molecular flexibility index (Phi) is 13.5. The highest BCUT2D eigenvalue weighted by molar-refractivity contribution is 6.10. The third-order valence-electron chi connectivity index (χ3n) is 8.95. The first-order chi connectivity index (χ1) is 27.0. The van der Waals surface area contributed by atoms with Gasteiger partial charge in [0.05, 0.1) is 26.4 Å². The number of carbonyl (C=O) groups is 8. The number of esters is 4. The van der Waals surface area contributed by atoms with Crippen molar-refractivity contribution in [2.24, 2.45) is 0 Å². The van der Waals surface area contributed by atoms with Gasteiger partial charge in [-0.3, -0.25) is 9.59 Å². The fourth-order valence-corrected chi connectivity index (χ4v) is 6.58. The van der Waals surface area contributed by atoms with Gasteiger partial charge in [-0.05, 0) is 80.6 Å². The van der Waals surface area contributed by atoms with Gasteiger partial charge in [0.2, 0.25) is 22.9 Å². The molecule has 2 heterocycles. The normalized spacial score (nSPS) is 11.5. The van der Waals surface area contributed by atoms with Crippen molar-refractivity contribution in [3.63, 3.8) is 0 Å². The van der Waals surface area contributed by atoms with Crippen LogP contribution in [0.4, 0.5) is 0 Å². The summed E-state index contributed by atoms with van der Waals surface area (Å²) in [4.78, 5) is 109. The second-order valence-corrected chi connectivity index (χ2v) is 12.9. The largest absolute Gasteiger partial charge is 0.479 e. The van der Waals surface area contributed by atoms with Crippen molar-refractivity contribution in [1.82, 2.24) is 20.6 Å². The monoisotopic (exact) mass is 792 g/mol. The average Bonchev–Trinajstić information content (AvgIpc) is 3.68. The van der Waals surface area contributed by atoms with E-state index in [0.717, 1.165) is 13.8 Å². The molecule has 4 aromatic rings. The average molecular weight is 793 g/mol. The molecule has 0 fully saturated rings. The van der Waals surface area contributed by atoms with Gasteiger partial charge in [-0.1, -0.05) is 12.1 Å². The number of H-pyrrole nitrogens is 2. The van der Waals surface area contributed by atoms with Crippen molar-refractivity contribution >= 4 is 69.4 Å². The van der Waals surface area contributed by atoms with Gasteiger partial charge in [0.15, 0.2) is 0 Å². The molecule has 0 aliphatic carbocycles. The van der Waals surface area contributed by atoms with Crippen LogP contribution >= 0.6 is 0 Å². The Morgan fingerprint density at radius 3 is 1.30 bits per heavy atom. The maximum atomic E-state index is 13.5. The van der Waals surface area contributed by atoms with Crippen molar-refractivity contribution in [3.05, 3.63) is 70.0 Å². The number of amides is 2.